The Morgan fingerprint density at radius 3 is 1.67 bits per heavy atom. The van der Waals surface area contributed by atoms with Gasteiger partial charge in [0.05, 0.1) is 44.7 Å². The predicted octanol–water partition coefficient (Wildman–Crippen LogP) is -11.3. The van der Waals surface area contributed by atoms with Crippen molar-refractivity contribution < 1.29 is 138 Å². The summed E-state index contributed by atoms with van der Waals surface area (Å²) in [5, 5.41) is 167. The molecule has 5 rings (SSSR count). The molecule has 0 saturated carbocycles. The zero-order valence-electron chi connectivity index (χ0n) is 38.0. The zero-order valence-corrected chi connectivity index (χ0v) is 38.0. The van der Waals surface area contributed by atoms with Crippen LogP contribution < -0.4 is 16.0 Å². The lowest BCUT2D eigenvalue weighted by Crippen LogP contribution is -2.72. The van der Waals surface area contributed by atoms with Gasteiger partial charge in [0.25, 0.3) is 5.79 Å². The molecule has 0 spiro atoms. The van der Waals surface area contributed by atoms with E-state index in [1.807, 2.05) is 0 Å². The van der Waals surface area contributed by atoms with Gasteiger partial charge in [0.1, 0.15) is 110 Å². The predicted molar refractivity (Wildman–Crippen MR) is 217 cm³/mol. The summed E-state index contributed by atoms with van der Waals surface area (Å²) in [6.07, 6.45) is -43.2. The summed E-state index contributed by atoms with van der Waals surface area (Å²) in [5.41, 5.74) is 0. The Morgan fingerprint density at radius 1 is 0.600 bits per heavy atom. The van der Waals surface area contributed by atoms with Crippen LogP contribution in [0.25, 0.3) is 0 Å². The van der Waals surface area contributed by atoms with Crippen LogP contribution in [-0.2, 0) is 61.8 Å². The molecular formula is C39H65N3O28. The second-order valence-corrected chi connectivity index (χ2v) is 17.6. The van der Waals surface area contributed by atoms with Crippen molar-refractivity contribution in [2.45, 2.75) is 193 Å². The molecule has 0 unspecified atom stereocenters. The van der Waals surface area contributed by atoms with Gasteiger partial charge in [-0.15, -0.1) is 0 Å². The first-order valence-electron chi connectivity index (χ1n) is 22.1. The normalized spacial score (nSPS) is 45.5. The van der Waals surface area contributed by atoms with Gasteiger partial charge in [-0.2, -0.15) is 0 Å². The Hall–Kier alpha value is -3.04. The lowest BCUT2D eigenvalue weighted by Gasteiger charge is -2.51. The van der Waals surface area contributed by atoms with Crippen LogP contribution in [0.4, 0.5) is 0 Å². The third-order valence-electron chi connectivity index (χ3n) is 12.5. The number of aliphatic hydroxyl groups excluding tert-OH is 14. The second kappa shape index (κ2) is 24.3. The number of hydrogen-bond acceptors (Lipinski definition) is 27. The quantitative estimate of drug-likeness (QED) is 0.0606. The molecule has 5 saturated heterocycles. The smallest absolute Gasteiger partial charge is 0.364 e. The van der Waals surface area contributed by atoms with Gasteiger partial charge in [-0.05, 0) is 6.92 Å². The van der Waals surface area contributed by atoms with Gasteiger partial charge in [-0.1, -0.05) is 0 Å². The molecule has 18 N–H and O–H groups in total. The van der Waals surface area contributed by atoms with Gasteiger partial charge >= 0.3 is 5.97 Å². The summed E-state index contributed by atoms with van der Waals surface area (Å²) in [7, 11) is 0. The Balaban J connectivity index is 1.52. The van der Waals surface area contributed by atoms with Crippen LogP contribution in [0.3, 0.4) is 0 Å². The highest BCUT2D eigenvalue weighted by atomic mass is 16.8. The van der Waals surface area contributed by atoms with Crippen molar-refractivity contribution in [3.05, 3.63) is 0 Å². The van der Waals surface area contributed by atoms with Crippen molar-refractivity contribution in [2.24, 2.45) is 0 Å². The van der Waals surface area contributed by atoms with Crippen LogP contribution in [0, 0.1) is 0 Å². The lowest BCUT2D eigenvalue weighted by molar-refractivity contribution is -0.382. The Kier molecular flexibility index (Phi) is 20.1. The van der Waals surface area contributed by atoms with E-state index < -0.39 is 215 Å². The van der Waals surface area contributed by atoms with Gasteiger partial charge < -0.3 is 135 Å². The number of aliphatic hydroxyl groups is 14. The molecule has 26 atom stereocenters. The maximum Gasteiger partial charge on any atom is 0.364 e. The second-order valence-electron chi connectivity index (χ2n) is 17.6. The van der Waals surface area contributed by atoms with Gasteiger partial charge in [-0.3, -0.25) is 14.4 Å². The van der Waals surface area contributed by atoms with Gasteiger partial charge in [0.15, 0.2) is 25.2 Å². The number of amides is 3. The molecule has 5 heterocycles. The summed E-state index contributed by atoms with van der Waals surface area (Å²) in [6, 6.07) is -5.22. The zero-order chi connectivity index (χ0) is 52.3. The number of carbonyl (C=O) groups is 4. The molecule has 70 heavy (non-hydrogen) atoms. The number of nitrogens with one attached hydrogen (secondary N) is 3. The number of carbonyl (C=O) groups excluding carboxylic acids is 3. The molecule has 0 aromatic carbocycles. The highest BCUT2D eigenvalue weighted by Gasteiger charge is 2.59. The van der Waals surface area contributed by atoms with E-state index in [2.05, 4.69) is 16.0 Å². The van der Waals surface area contributed by atoms with E-state index in [1.54, 1.807) is 0 Å². The average Bonchev–Trinajstić information content (AvgIpc) is 3.30. The number of carboxylic acid groups (broad SMARTS) is 1. The van der Waals surface area contributed by atoms with Gasteiger partial charge in [0.2, 0.25) is 17.7 Å². The minimum absolute atomic E-state index is 0.783. The fourth-order valence-corrected chi connectivity index (χ4v) is 8.77. The van der Waals surface area contributed by atoms with E-state index in [-0.39, 0.29) is 0 Å². The van der Waals surface area contributed by atoms with Gasteiger partial charge in [0, 0.05) is 27.2 Å². The molecule has 0 aromatic rings. The standard InChI is InChI=1S/C39H65N3O28/c1-10-22(51)26(55)28(57)36(63-10)67-30-17(8-45)66-35(21(42-13(4)48)33(30)69-37-29(58)27(56)24(53)16(7-44)65-37)68-31-20(41-12(3)47)34(59)64-18(25(31)54)9-62-39(38(60)61)5-14(49)19(40-11(2)46)32(70-39)23(52)15(50)6-43/h10,14-37,43-45,49-59H,5-9H2,1-4H3,(H,40,46)(H,41,47)(H,42,48)(H,60,61)/t10-,14-,15+,16+,17+,18+,19+,20+,21+,22+,23+,24-,25-,26+,27-,28-,29+,30+,31+,32+,33+,34-,35-,36-,37-,39+/m0/s1. The van der Waals surface area contributed by atoms with E-state index in [1.165, 1.54) is 6.92 Å². The Bertz CT molecular complexity index is 1760. The summed E-state index contributed by atoms with van der Waals surface area (Å²) in [5.74, 6) is -7.49. The summed E-state index contributed by atoms with van der Waals surface area (Å²) in [6.45, 7) is 0.0930. The van der Waals surface area contributed by atoms with Crippen LogP contribution >= 0.6 is 0 Å². The van der Waals surface area contributed by atoms with Crippen molar-refractivity contribution >= 4 is 23.7 Å². The first-order valence-corrected chi connectivity index (χ1v) is 22.1. The number of carboxylic acids is 1. The first-order chi connectivity index (χ1) is 32.8. The van der Waals surface area contributed by atoms with E-state index in [0.717, 1.165) is 20.8 Å². The Labute approximate surface area is 397 Å². The lowest BCUT2D eigenvalue weighted by atomic mass is 9.88. The summed E-state index contributed by atoms with van der Waals surface area (Å²) < 4.78 is 52.3. The fourth-order valence-electron chi connectivity index (χ4n) is 8.77. The minimum atomic E-state index is -2.99. The molecule has 0 aromatic heterocycles. The highest BCUT2D eigenvalue weighted by molar-refractivity contribution is 5.77. The fraction of sp³-hybridized carbons (Fsp3) is 0.897. The number of ether oxygens (including phenoxy) is 9. The van der Waals surface area contributed by atoms with Crippen molar-refractivity contribution in [3.8, 4) is 0 Å². The van der Waals surface area contributed by atoms with Crippen molar-refractivity contribution in [1.29, 1.82) is 0 Å². The van der Waals surface area contributed by atoms with E-state index >= 15 is 0 Å². The SMILES string of the molecule is CC(=O)N[C@@H]1[C@@H](O[C@@H]2O[C@H](CO)[C@@H](O[C@@H]3O[C@@H](C)[C@@H](O)[C@@H](O)[C@@H]3O)[C@H](O[C@@H]3O[C@H](CO)[C@H](O)[C@H](O)[C@H]3O)[C@H]2NC(C)=O)[C@@H](O)[C@@H](CO[C@]2(C(=O)O)C[C@H](O)[C@@H](NC(C)=O)[C@H]([C@H](O)[C@H](O)CO)O2)O[C@@H]1O. The summed E-state index contributed by atoms with van der Waals surface area (Å²) in [4.78, 5) is 50.3. The van der Waals surface area contributed by atoms with Crippen LogP contribution in [0.2, 0.25) is 0 Å². The number of hydrogen-bond donors (Lipinski definition) is 18. The first kappa shape index (κ1) is 57.9. The third kappa shape index (κ3) is 12.6. The van der Waals surface area contributed by atoms with E-state index in [4.69, 9.17) is 42.6 Å². The Morgan fingerprint density at radius 2 is 1.11 bits per heavy atom. The van der Waals surface area contributed by atoms with Crippen LogP contribution in [0.5, 0.6) is 0 Å². The molecule has 0 aliphatic carbocycles. The minimum Gasteiger partial charge on any atom is -0.477 e. The maximum absolute atomic E-state index is 13.0. The van der Waals surface area contributed by atoms with E-state index in [0.29, 0.717) is 0 Å². The van der Waals surface area contributed by atoms with Crippen LogP contribution in [0.15, 0.2) is 0 Å². The molecule has 31 heteroatoms. The molecule has 404 valence electrons. The molecule has 3 amide bonds. The van der Waals surface area contributed by atoms with Crippen molar-refractivity contribution in [1.82, 2.24) is 16.0 Å². The molecular weight excluding hydrogens is 958 g/mol. The summed E-state index contributed by atoms with van der Waals surface area (Å²) >= 11 is 0. The molecule has 0 bridgehead atoms. The van der Waals surface area contributed by atoms with Crippen molar-refractivity contribution in [3.63, 3.8) is 0 Å². The van der Waals surface area contributed by atoms with Crippen LogP contribution in [-0.4, -0.2) is 286 Å². The van der Waals surface area contributed by atoms with Gasteiger partial charge in [-0.25, -0.2) is 4.79 Å². The molecule has 5 aliphatic heterocycles. The maximum atomic E-state index is 13.0. The molecule has 0 radical (unpaired) electrons. The third-order valence-corrected chi connectivity index (χ3v) is 12.5. The molecule has 31 nitrogen and oxygen atoms in total. The van der Waals surface area contributed by atoms with E-state index in [9.17, 15) is 95.8 Å². The number of rotatable bonds is 18. The largest absolute Gasteiger partial charge is 0.477 e. The molecule has 5 aliphatic rings. The van der Waals surface area contributed by atoms with Crippen LogP contribution in [0.1, 0.15) is 34.1 Å². The number of aliphatic carboxylic acids is 1. The highest BCUT2D eigenvalue weighted by Crippen LogP contribution is 2.38. The van der Waals surface area contributed by atoms with Crippen molar-refractivity contribution in [2.75, 3.05) is 26.4 Å². The topological polar surface area (TPSA) is 491 Å². The monoisotopic (exact) mass is 1020 g/mol. The molecule has 5 fully saturated rings. The average molecular weight is 1020 g/mol.